The number of nitrogens with one attached hydrogen (secondary N) is 1. The van der Waals surface area contributed by atoms with Gasteiger partial charge >= 0.3 is 0 Å². The molecule has 30 heavy (non-hydrogen) atoms. The highest BCUT2D eigenvalue weighted by atomic mass is 16.6. The number of nitro benzene ring substituents is 1. The molecule has 0 atom stereocenters. The van der Waals surface area contributed by atoms with E-state index in [9.17, 15) is 14.9 Å². The molecule has 2 heterocycles. The Morgan fingerprint density at radius 1 is 1.17 bits per heavy atom. The van der Waals surface area contributed by atoms with Crippen molar-refractivity contribution in [2.45, 2.75) is 6.54 Å². The van der Waals surface area contributed by atoms with Crippen LogP contribution in [0.4, 0.5) is 5.69 Å². The normalized spacial score (nSPS) is 10.7. The molecule has 1 N–H and O–H groups in total. The molecule has 150 valence electrons. The first-order chi connectivity index (χ1) is 14.5. The van der Waals surface area contributed by atoms with E-state index >= 15 is 0 Å². The Balaban J connectivity index is 1.52. The lowest BCUT2D eigenvalue weighted by Crippen LogP contribution is -2.23. The van der Waals surface area contributed by atoms with Crippen LogP contribution in [0.15, 0.2) is 73.2 Å². The fraction of sp³-hybridized carbons (Fsp3) is 0.0952. The molecule has 2 aromatic carbocycles. The Kier molecular flexibility index (Phi) is 5.08. The zero-order chi connectivity index (χ0) is 21.1. The smallest absolute Gasteiger partial charge is 0.269 e. The van der Waals surface area contributed by atoms with E-state index in [4.69, 9.17) is 0 Å². The van der Waals surface area contributed by atoms with Crippen molar-refractivity contribution in [3.63, 3.8) is 0 Å². The zero-order valence-corrected chi connectivity index (χ0v) is 16.1. The predicted molar refractivity (Wildman–Crippen MR) is 110 cm³/mol. The van der Waals surface area contributed by atoms with Crippen LogP contribution in [0.5, 0.6) is 0 Å². The second kappa shape index (κ2) is 8.00. The fourth-order valence-electron chi connectivity index (χ4n) is 3.12. The quantitative estimate of drug-likeness (QED) is 0.394. The van der Waals surface area contributed by atoms with Gasteiger partial charge in [0.1, 0.15) is 5.69 Å². The summed E-state index contributed by atoms with van der Waals surface area (Å²) in [6, 6.07) is 15.5. The molecule has 0 saturated carbocycles. The summed E-state index contributed by atoms with van der Waals surface area (Å²) in [5.74, 6) is -0.277. The number of benzene rings is 2. The zero-order valence-electron chi connectivity index (χ0n) is 16.1. The fourth-order valence-corrected chi connectivity index (χ4v) is 3.12. The molecule has 9 heteroatoms. The van der Waals surface area contributed by atoms with Gasteiger partial charge in [-0.1, -0.05) is 12.1 Å². The van der Waals surface area contributed by atoms with Gasteiger partial charge in [0, 0.05) is 49.9 Å². The van der Waals surface area contributed by atoms with Gasteiger partial charge in [-0.15, -0.1) is 0 Å². The molecule has 0 unspecified atom stereocenters. The molecule has 1 amide bonds. The summed E-state index contributed by atoms with van der Waals surface area (Å²) >= 11 is 0. The summed E-state index contributed by atoms with van der Waals surface area (Å²) in [6.07, 6.45) is 5.19. The highest BCUT2D eigenvalue weighted by Gasteiger charge is 2.18. The van der Waals surface area contributed by atoms with Crippen LogP contribution in [0.1, 0.15) is 15.9 Å². The number of nitrogens with zero attached hydrogens (tertiary/aromatic N) is 5. The second-order valence-corrected chi connectivity index (χ2v) is 6.67. The molecular weight excluding hydrogens is 384 g/mol. The van der Waals surface area contributed by atoms with Crippen LogP contribution in [0.25, 0.3) is 16.9 Å². The highest BCUT2D eigenvalue weighted by Crippen LogP contribution is 2.24. The van der Waals surface area contributed by atoms with Crippen LogP contribution < -0.4 is 5.32 Å². The van der Waals surface area contributed by atoms with Crippen LogP contribution >= 0.6 is 0 Å². The van der Waals surface area contributed by atoms with Crippen LogP contribution in [-0.2, 0) is 13.6 Å². The molecule has 0 aliphatic carbocycles. The van der Waals surface area contributed by atoms with E-state index in [2.05, 4.69) is 15.5 Å². The molecule has 0 fully saturated rings. The third kappa shape index (κ3) is 3.95. The number of non-ortho nitro benzene ring substituents is 1. The first-order valence-electron chi connectivity index (χ1n) is 9.17. The van der Waals surface area contributed by atoms with Crippen molar-refractivity contribution >= 4 is 11.6 Å². The lowest BCUT2D eigenvalue weighted by atomic mass is 10.1. The van der Waals surface area contributed by atoms with Crippen molar-refractivity contribution in [3.05, 3.63) is 94.4 Å². The van der Waals surface area contributed by atoms with Crippen molar-refractivity contribution in [3.8, 4) is 16.9 Å². The van der Waals surface area contributed by atoms with Gasteiger partial charge in [0.25, 0.3) is 11.6 Å². The molecule has 4 rings (SSSR count). The predicted octanol–water partition coefficient (Wildman–Crippen LogP) is 3.11. The number of hydrogen-bond acceptors (Lipinski definition) is 5. The van der Waals surface area contributed by atoms with Gasteiger partial charge in [0.15, 0.2) is 0 Å². The summed E-state index contributed by atoms with van der Waals surface area (Å²) in [5, 5.41) is 22.3. The molecule has 2 aromatic heterocycles. The molecule has 0 bridgehead atoms. The van der Waals surface area contributed by atoms with Crippen molar-refractivity contribution in [1.82, 2.24) is 24.9 Å². The van der Waals surface area contributed by atoms with E-state index in [1.165, 1.54) is 12.1 Å². The molecule has 0 saturated heterocycles. The maximum absolute atomic E-state index is 12.8. The first-order valence-corrected chi connectivity index (χ1v) is 9.17. The van der Waals surface area contributed by atoms with E-state index in [0.717, 1.165) is 11.3 Å². The maximum atomic E-state index is 12.8. The first kappa shape index (κ1) is 19.1. The van der Waals surface area contributed by atoms with Gasteiger partial charge in [-0.3, -0.25) is 19.6 Å². The molecule has 4 aromatic rings. The van der Waals surface area contributed by atoms with Gasteiger partial charge in [0.2, 0.25) is 0 Å². The van der Waals surface area contributed by atoms with Gasteiger partial charge in [-0.2, -0.15) is 10.2 Å². The third-order valence-electron chi connectivity index (χ3n) is 4.56. The average molecular weight is 402 g/mol. The minimum absolute atomic E-state index is 0.0160. The number of rotatable bonds is 6. The van der Waals surface area contributed by atoms with Crippen LogP contribution in [0.2, 0.25) is 0 Å². The SMILES string of the molecule is Cn1cc(C(=O)NCc2cccc(-n3cccn3)c2)c(-c2ccc([N+](=O)[O-])cc2)n1. The average Bonchev–Trinajstić information content (AvgIpc) is 3.42. The second-order valence-electron chi connectivity index (χ2n) is 6.67. The van der Waals surface area contributed by atoms with E-state index < -0.39 is 4.92 Å². The number of hydrogen-bond donors (Lipinski definition) is 1. The summed E-state index contributed by atoms with van der Waals surface area (Å²) in [4.78, 5) is 23.2. The maximum Gasteiger partial charge on any atom is 0.269 e. The summed E-state index contributed by atoms with van der Waals surface area (Å²) in [5.41, 5.74) is 3.31. The molecule has 9 nitrogen and oxygen atoms in total. The van der Waals surface area contributed by atoms with Gasteiger partial charge in [-0.25, -0.2) is 4.68 Å². The minimum atomic E-state index is -0.465. The van der Waals surface area contributed by atoms with Crippen molar-refractivity contribution in [2.75, 3.05) is 0 Å². The van der Waals surface area contributed by atoms with Crippen molar-refractivity contribution in [2.24, 2.45) is 7.05 Å². The molecule has 0 spiro atoms. The van der Waals surface area contributed by atoms with E-state index in [1.54, 1.807) is 40.9 Å². The summed E-state index contributed by atoms with van der Waals surface area (Å²) < 4.78 is 3.29. The number of nitro groups is 1. The lowest BCUT2D eigenvalue weighted by Gasteiger charge is -2.08. The minimum Gasteiger partial charge on any atom is -0.348 e. The Labute approximate surface area is 171 Å². The monoisotopic (exact) mass is 402 g/mol. The molecule has 0 aliphatic heterocycles. The van der Waals surface area contributed by atoms with Crippen molar-refractivity contribution in [1.29, 1.82) is 0 Å². The van der Waals surface area contributed by atoms with Gasteiger partial charge in [0.05, 0.1) is 16.2 Å². The van der Waals surface area contributed by atoms with Crippen LogP contribution in [-0.4, -0.2) is 30.4 Å². The topological polar surface area (TPSA) is 108 Å². The van der Waals surface area contributed by atoms with E-state index in [1.807, 2.05) is 36.5 Å². The standard InChI is InChI=1S/C21H18N6O3/c1-25-14-19(20(24-25)16-6-8-17(9-7-16)27(29)30)21(28)22-13-15-4-2-5-18(12-15)26-11-3-10-23-26/h2-12,14H,13H2,1H3,(H,22,28). The number of aromatic nitrogens is 4. The third-order valence-corrected chi connectivity index (χ3v) is 4.56. The van der Waals surface area contributed by atoms with Crippen molar-refractivity contribution < 1.29 is 9.72 Å². The Hall–Kier alpha value is -4.27. The van der Waals surface area contributed by atoms with Gasteiger partial charge in [-0.05, 0) is 35.9 Å². The molecule has 0 radical (unpaired) electrons. The number of amides is 1. The molecule has 0 aliphatic rings. The Morgan fingerprint density at radius 2 is 1.97 bits per heavy atom. The molecular formula is C21H18N6O3. The number of carbonyl (C=O) groups excluding carboxylic acids is 1. The number of carbonyl (C=O) groups is 1. The van der Waals surface area contributed by atoms with Gasteiger partial charge < -0.3 is 5.32 Å². The Morgan fingerprint density at radius 3 is 2.67 bits per heavy atom. The Bertz CT molecular complexity index is 1200. The summed E-state index contributed by atoms with van der Waals surface area (Å²) in [6.45, 7) is 0.336. The lowest BCUT2D eigenvalue weighted by molar-refractivity contribution is -0.384. The number of aryl methyl sites for hydroxylation is 1. The van der Waals surface area contributed by atoms with E-state index in [0.29, 0.717) is 23.4 Å². The highest BCUT2D eigenvalue weighted by molar-refractivity contribution is 5.99. The largest absolute Gasteiger partial charge is 0.348 e. The van der Waals surface area contributed by atoms with Crippen LogP contribution in [0, 0.1) is 10.1 Å². The van der Waals surface area contributed by atoms with E-state index in [-0.39, 0.29) is 11.6 Å². The summed E-state index contributed by atoms with van der Waals surface area (Å²) in [7, 11) is 1.72. The van der Waals surface area contributed by atoms with Crippen LogP contribution in [0.3, 0.4) is 0 Å².